The second-order valence-corrected chi connectivity index (χ2v) is 3.58. The van der Waals surface area contributed by atoms with E-state index in [2.05, 4.69) is 10.4 Å². The van der Waals surface area contributed by atoms with E-state index in [4.69, 9.17) is 0 Å². The van der Waals surface area contributed by atoms with Crippen LogP contribution >= 0.6 is 0 Å². The van der Waals surface area contributed by atoms with Gasteiger partial charge < -0.3 is 0 Å². The average molecular weight is 234 g/mol. The first-order valence-corrected chi connectivity index (χ1v) is 4.94. The maximum Gasteiger partial charge on any atom is 0.290 e. The zero-order valence-electron chi connectivity index (χ0n) is 9.08. The van der Waals surface area contributed by atoms with Gasteiger partial charge in [0.25, 0.3) is 5.69 Å². The van der Waals surface area contributed by atoms with Gasteiger partial charge in [0, 0.05) is 18.2 Å². The molecule has 1 aromatic rings. The third-order valence-electron chi connectivity index (χ3n) is 2.32. The monoisotopic (exact) mass is 234 g/mol. The van der Waals surface area contributed by atoms with Crippen LogP contribution in [-0.4, -0.2) is 15.8 Å². The number of nitro groups is 1. The summed E-state index contributed by atoms with van der Waals surface area (Å²) in [5.74, 6) is 0.294. The number of amides is 1. The molecule has 88 valence electrons. The van der Waals surface area contributed by atoms with Crippen LogP contribution in [-0.2, 0) is 4.79 Å². The Morgan fingerprint density at radius 3 is 2.94 bits per heavy atom. The Morgan fingerprint density at radius 2 is 2.35 bits per heavy atom. The summed E-state index contributed by atoms with van der Waals surface area (Å²) in [4.78, 5) is 25.2. The lowest BCUT2D eigenvalue weighted by molar-refractivity contribution is -0.385. The van der Waals surface area contributed by atoms with Gasteiger partial charge in [-0.3, -0.25) is 20.3 Å². The standard InChI is InChI=1S/C10H10N4O3/c1-7-5-9(11-6-8(7)14(16)17)13-4-2-3-10(15)12-13/h2,4-6H,3H2,1H3,(H,12,15). The number of carbonyl (C=O) groups excluding carboxylic acids is 1. The topological polar surface area (TPSA) is 88.4 Å². The summed E-state index contributed by atoms with van der Waals surface area (Å²) in [5.41, 5.74) is 3.04. The zero-order valence-corrected chi connectivity index (χ0v) is 9.08. The Balaban J connectivity index is 2.31. The van der Waals surface area contributed by atoms with Gasteiger partial charge in [-0.15, -0.1) is 0 Å². The summed E-state index contributed by atoms with van der Waals surface area (Å²) in [6.45, 7) is 1.62. The molecule has 1 aromatic heterocycles. The third-order valence-corrected chi connectivity index (χ3v) is 2.32. The van der Waals surface area contributed by atoms with Crippen molar-refractivity contribution in [3.05, 3.63) is 40.2 Å². The van der Waals surface area contributed by atoms with Crippen molar-refractivity contribution < 1.29 is 9.72 Å². The Bertz CT molecular complexity index is 512. The smallest absolute Gasteiger partial charge is 0.273 e. The van der Waals surface area contributed by atoms with Crippen LogP contribution in [0.2, 0.25) is 0 Å². The van der Waals surface area contributed by atoms with E-state index in [1.165, 1.54) is 11.2 Å². The van der Waals surface area contributed by atoms with Crippen LogP contribution in [0.5, 0.6) is 0 Å². The summed E-state index contributed by atoms with van der Waals surface area (Å²) >= 11 is 0. The van der Waals surface area contributed by atoms with E-state index in [1.807, 2.05) is 0 Å². The Kier molecular flexibility index (Phi) is 2.73. The van der Waals surface area contributed by atoms with E-state index >= 15 is 0 Å². The number of hydrazine groups is 1. The third kappa shape index (κ3) is 2.22. The lowest BCUT2D eigenvalue weighted by Gasteiger charge is -2.23. The Morgan fingerprint density at radius 1 is 1.59 bits per heavy atom. The van der Waals surface area contributed by atoms with E-state index in [-0.39, 0.29) is 11.6 Å². The minimum atomic E-state index is -0.489. The lowest BCUT2D eigenvalue weighted by Crippen LogP contribution is -2.41. The van der Waals surface area contributed by atoms with E-state index in [0.717, 1.165) is 0 Å². The summed E-state index contributed by atoms with van der Waals surface area (Å²) in [7, 11) is 0. The van der Waals surface area contributed by atoms with E-state index in [0.29, 0.717) is 17.8 Å². The predicted molar refractivity (Wildman–Crippen MR) is 60.0 cm³/mol. The molecular formula is C10H10N4O3. The largest absolute Gasteiger partial charge is 0.290 e. The average Bonchev–Trinajstić information content (AvgIpc) is 2.28. The number of aryl methyl sites for hydroxylation is 1. The van der Waals surface area contributed by atoms with E-state index < -0.39 is 4.92 Å². The van der Waals surface area contributed by atoms with E-state index in [9.17, 15) is 14.9 Å². The molecular weight excluding hydrogens is 224 g/mol. The van der Waals surface area contributed by atoms with Crippen LogP contribution < -0.4 is 10.4 Å². The minimum Gasteiger partial charge on any atom is -0.273 e. The van der Waals surface area contributed by atoms with Crippen LogP contribution in [0.15, 0.2) is 24.5 Å². The van der Waals surface area contributed by atoms with Crippen molar-refractivity contribution in [2.45, 2.75) is 13.3 Å². The molecule has 2 rings (SSSR count). The molecule has 0 aromatic carbocycles. The number of pyridine rings is 1. The highest BCUT2D eigenvalue weighted by atomic mass is 16.6. The second-order valence-electron chi connectivity index (χ2n) is 3.58. The molecule has 0 spiro atoms. The van der Waals surface area contributed by atoms with Crippen LogP contribution in [0.1, 0.15) is 12.0 Å². The highest BCUT2D eigenvalue weighted by Crippen LogP contribution is 2.21. The number of nitrogens with zero attached hydrogens (tertiary/aromatic N) is 3. The number of aromatic nitrogens is 1. The fraction of sp³-hybridized carbons (Fsp3) is 0.200. The first-order valence-electron chi connectivity index (χ1n) is 4.94. The molecule has 7 heteroatoms. The first-order chi connectivity index (χ1) is 8.08. The lowest BCUT2D eigenvalue weighted by atomic mass is 10.2. The van der Waals surface area contributed by atoms with Crippen LogP contribution in [0.3, 0.4) is 0 Å². The van der Waals surface area contributed by atoms with Crippen molar-refractivity contribution >= 4 is 17.4 Å². The van der Waals surface area contributed by atoms with Gasteiger partial charge in [0.15, 0.2) is 5.82 Å². The molecule has 17 heavy (non-hydrogen) atoms. The van der Waals surface area contributed by atoms with Crippen molar-refractivity contribution in [1.29, 1.82) is 0 Å². The van der Waals surface area contributed by atoms with Gasteiger partial charge in [-0.1, -0.05) is 6.08 Å². The maximum atomic E-state index is 11.2. The SMILES string of the molecule is Cc1cc(N2C=CCC(=O)N2)ncc1[N+](=O)[O-]. The van der Waals surface area contributed by atoms with Gasteiger partial charge in [0.1, 0.15) is 6.20 Å². The van der Waals surface area contributed by atoms with Gasteiger partial charge in [-0.25, -0.2) is 9.99 Å². The van der Waals surface area contributed by atoms with Gasteiger partial charge in [-0.05, 0) is 13.0 Å². The van der Waals surface area contributed by atoms with Gasteiger partial charge in [0.05, 0.1) is 4.92 Å². The van der Waals surface area contributed by atoms with Gasteiger partial charge in [-0.2, -0.15) is 0 Å². The van der Waals surface area contributed by atoms with Crippen molar-refractivity contribution in [3.63, 3.8) is 0 Å². The Labute approximate surface area is 96.9 Å². The van der Waals surface area contributed by atoms with Crippen LogP contribution in [0, 0.1) is 17.0 Å². The molecule has 1 amide bonds. The zero-order chi connectivity index (χ0) is 12.4. The molecule has 0 radical (unpaired) electrons. The predicted octanol–water partition coefficient (Wildman–Crippen LogP) is 1.05. The van der Waals surface area contributed by atoms with Crippen molar-refractivity contribution in [2.24, 2.45) is 0 Å². The molecule has 0 fully saturated rings. The fourth-order valence-corrected chi connectivity index (χ4v) is 1.47. The fourth-order valence-electron chi connectivity index (χ4n) is 1.47. The molecule has 7 nitrogen and oxygen atoms in total. The summed E-state index contributed by atoms with van der Waals surface area (Å²) < 4.78 is 0. The summed E-state index contributed by atoms with van der Waals surface area (Å²) in [6, 6.07) is 1.55. The minimum absolute atomic E-state index is 0.0407. The molecule has 0 atom stereocenters. The highest BCUT2D eigenvalue weighted by molar-refractivity contribution is 5.81. The number of hydrogen-bond donors (Lipinski definition) is 1. The Hall–Kier alpha value is -2.44. The second kappa shape index (κ2) is 4.20. The number of hydrogen-bond acceptors (Lipinski definition) is 5. The van der Waals surface area contributed by atoms with Crippen LogP contribution in [0.4, 0.5) is 11.5 Å². The molecule has 0 bridgehead atoms. The number of anilines is 1. The maximum absolute atomic E-state index is 11.2. The highest BCUT2D eigenvalue weighted by Gasteiger charge is 2.16. The van der Waals surface area contributed by atoms with Crippen LogP contribution in [0.25, 0.3) is 0 Å². The first kappa shape index (κ1) is 11.1. The quantitative estimate of drug-likeness (QED) is 0.610. The van der Waals surface area contributed by atoms with E-state index in [1.54, 1.807) is 25.3 Å². The molecule has 0 saturated carbocycles. The molecule has 0 saturated heterocycles. The summed E-state index contributed by atoms with van der Waals surface area (Å²) in [6.07, 6.45) is 4.86. The van der Waals surface area contributed by atoms with Gasteiger partial charge >= 0.3 is 0 Å². The molecule has 1 N–H and O–H groups in total. The number of nitrogens with one attached hydrogen (secondary N) is 1. The number of rotatable bonds is 2. The number of carbonyl (C=O) groups is 1. The molecule has 2 heterocycles. The molecule has 1 aliphatic heterocycles. The molecule has 1 aliphatic rings. The van der Waals surface area contributed by atoms with Crippen molar-refractivity contribution in [3.8, 4) is 0 Å². The van der Waals surface area contributed by atoms with Gasteiger partial charge in [0.2, 0.25) is 5.91 Å². The van der Waals surface area contributed by atoms with Crippen molar-refractivity contribution in [2.75, 3.05) is 5.01 Å². The molecule has 0 unspecified atom stereocenters. The normalized spacial score (nSPS) is 14.6. The summed E-state index contributed by atoms with van der Waals surface area (Å²) in [5, 5.41) is 12.1. The molecule has 0 aliphatic carbocycles. The van der Waals surface area contributed by atoms with Crippen molar-refractivity contribution in [1.82, 2.24) is 10.4 Å².